The van der Waals surface area contributed by atoms with E-state index >= 15 is 0 Å². The SMILES string of the molecule is Cc1nc(NC(=O)/C=C/c2coc3ccccc3c2=O)sc1CN1CCC(C)CC1. The molecule has 4 rings (SSSR count). The average molecular weight is 424 g/mol. The Bertz CT molecular complexity index is 1140. The Hall–Kier alpha value is -2.77. The number of hydrogen-bond acceptors (Lipinski definition) is 6. The largest absolute Gasteiger partial charge is 0.463 e. The lowest BCUT2D eigenvalue weighted by molar-refractivity contribution is -0.111. The summed E-state index contributed by atoms with van der Waals surface area (Å²) in [4.78, 5) is 33.0. The molecule has 1 fully saturated rings. The number of piperidine rings is 1. The van der Waals surface area contributed by atoms with E-state index in [1.165, 1.54) is 47.5 Å². The van der Waals surface area contributed by atoms with Crippen molar-refractivity contribution in [3.05, 3.63) is 63.0 Å². The lowest BCUT2D eigenvalue weighted by Crippen LogP contribution is -2.32. The van der Waals surface area contributed by atoms with Crippen LogP contribution in [-0.4, -0.2) is 28.9 Å². The lowest BCUT2D eigenvalue weighted by atomic mass is 9.99. The lowest BCUT2D eigenvalue weighted by Gasteiger charge is -2.29. The fourth-order valence-electron chi connectivity index (χ4n) is 3.57. The molecule has 3 aromatic rings. The van der Waals surface area contributed by atoms with Gasteiger partial charge in [0.15, 0.2) is 10.6 Å². The normalized spacial score (nSPS) is 15.8. The van der Waals surface area contributed by atoms with E-state index in [0.29, 0.717) is 21.7 Å². The number of nitrogens with zero attached hydrogens (tertiary/aromatic N) is 2. The fourth-order valence-corrected chi connectivity index (χ4v) is 4.58. The number of aromatic nitrogens is 1. The topological polar surface area (TPSA) is 75.4 Å². The summed E-state index contributed by atoms with van der Waals surface area (Å²) >= 11 is 1.51. The quantitative estimate of drug-likeness (QED) is 0.614. The summed E-state index contributed by atoms with van der Waals surface area (Å²) in [5.74, 6) is 0.477. The molecule has 1 amide bonds. The summed E-state index contributed by atoms with van der Waals surface area (Å²) in [6.45, 7) is 7.37. The number of para-hydroxylation sites is 1. The number of benzene rings is 1. The maximum atomic E-state index is 12.5. The van der Waals surface area contributed by atoms with Crippen LogP contribution < -0.4 is 10.7 Å². The molecule has 1 aromatic carbocycles. The number of carbonyl (C=O) groups is 1. The van der Waals surface area contributed by atoms with Crippen molar-refractivity contribution < 1.29 is 9.21 Å². The summed E-state index contributed by atoms with van der Waals surface area (Å²) in [7, 11) is 0. The van der Waals surface area contributed by atoms with Gasteiger partial charge in [-0.15, -0.1) is 11.3 Å². The molecule has 30 heavy (non-hydrogen) atoms. The minimum atomic E-state index is -0.324. The molecule has 0 spiro atoms. The molecule has 2 aromatic heterocycles. The Balaban J connectivity index is 1.41. The van der Waals surface area contributed by atoms with Crippen molar-refractivity contribution in [2.75, 3.05) is 18.4 Å². The summed E-state index contributed by atoms with van der Waals surface area (Å²) < 4.78 is 5.47. The highest BCUT2D eigenvalue weighted by molar-refractivity contribution is 7.15. The molecule has 7 heteroatoms. The van der Waals surface area contributed by atoms with Crippen molar-refractivity contribution in [1.82, 2.24) is 9.88 Å². The third kappa shape index (κ3) is 4.68. The number of aryl methyl sites for hydroxylation is 1. The number of anilines is 1. The standard InChI is InChI=1S/C23H25N3O3S/c1-15-9-11-26(12-10-15)13-20-16(2)24-23(30-20)25-21(27)8-7-17-14-29-19-6-4-3-5-18(19)22(17)28/h3-8,14-15H,9-13H2,1-2H3,(H,24,25,27)/b8-7+. The molecular weight excluding hydrogens is 398 g/mol. The van der Waals surface area contributed by atoms with E-state index in [2.05, 4.69) is 22.1 Å². The van der Waals surface area contributed by atoms with E-state index in [1.54, 1.807) is 18.2 Å². The molecule has 156 valence electrons. The van der Waals surface area contributed by atoms with Crippen molar-refractivity contribution in [1.29, 1.82) is 0 Å². The van der Waals surface area contributed by atoms with Crippen LogP contribution in [0.2, 0.25) is 0 Å². The second-order valence-electron chi connectivity index (χ2n) is 7.83. The van der Waals surface area contributed by atoms with Gasteiger partial charge >= 0.3 is 0 Å². The number of thiazole rings is 1. The maximum absolute atomic E-state index is 12.5. The van der Waals surface area contributed by atoms with Crippen LogP contribution in [0.3, 0.4) is 0 Å². The zero-order valence-corrected chi connectivity index (χ0v) is 18.0. The van der Waals surface area contributed by atoms with Crippen LogP contribution in [0.5, 0.6) is 0 Å². The monoisotopic (exact) mass is 423 g/mol. The van der Waals surface area contributed by atoms with Crippen molar-refractivity contribution in [3.8, 4) is 0 Å². The van der Waals surface area contributed by atoms with Crippen molar-refractivity contribution >= 4 is 39.4 Å². The summed E-state index contributed by atoms with van der Waals surface area (Å²) in [5.41, 5.74) is 1.65. The van der Waals surface area contributed by atoms with Crippen LogP contribution in [0.1, 0.15) is 35.9 Å². The molecule has 0 saturated carbocycles. The van der Waals surface area contributed by atoms with Gasteiger partial charge in [-0.25, -0.2) is 4.98 Å². The van der Waals surface area contributed by atoms with E-state index in [1.807, 2.05) is 13.0 Å². The van der Waals surface area contributed by atoms with E-state index < -0.39 is 0 Å². The van der Waals surface area contributed by atoms with Crippen molar-refractivity contribution in [2.24, 2.45) is 5.92 Å². The fraction of sp³-hybridized carbons (Fsp3) is 0.348. The van der Waals surface area contributed by atoms with Gasteiger partial charge in [-0.3, -0.25) is 19.8 Å². The zero-order chi connectivity index (χ0) is 21.1. The smallest absolute Gasteiger partial charge is 0.250 e. The van der Waals surface area contributed by atoms with Crippen molar-refractivity contribution in [3.63, 3.8) is 0 Å². The molecule has 0 unspecified atom stereocenters. The first-order valence-electron chi connectivity index (χ1n) is 10.2. The Kier molecular flexibility index (Phi) is 6.11. The van der Waals surface area contributed by atoms with Gasteiger partial charge in [-0.2, -0.15) is 0 Å². The van der Waals surface area contributed by atoms with Gasteiger partial charge in [0.05, 0.1) is 16.6 Å². The molecule has 1 aliphatic rings. The first-order valence-corrected chi connectivity index (χ1v) is 11.0. The highest BCUT2D eigenvalue weighted by atomic mass is 32.1. The Morgan fingerprint density at radius 2 is 2.10 bits per heavy atom. The Labute approximate surface area is 179 Å². The van der Waals surface area contributed by atoms with Gasteiger partial charge in [-0.05, 0) is 57.0 Å². The van der Waals surface area contributed by atoms with Gasteiger partial charge in [0.1, 0.15) is 11.8 Å². The highest BCUT2D eigenvalue weighted by Gasteiger charge is 2.18. The van der Waals surface area contributed by atoms with Gasteiger partial charge in [0.2, 0.25) is 5.91 Å². The first kappa shape index (κ1) is 20.5. The predicted molar refractivity (Wildman–Crippen MR) is 121 cm³/mol. The Morgan fingerprint density at radius 1 is 1.33 bits per heavy atom. The molecule has 0 bridgehead atoms. The minimum Gasteiger partial charge on any atom is -0.463 e. The first-order chi connectivity index (χ1) is 14.5. The van der Waals surface area contributed by atoms with E-state index in [-0.39, 0.29) is 11.3 Å². The summed E-state index contributed by atoms with van der Waals surface area (Å²) in [6, 6.07) is 7.04. The third-order valence-electron chi connectivity index (χ3n) is 5.49. The van der Waals surface area contributed by atoms with E-state index in [0.717, 1.165) is 31.2 Å². The van der Waals surface area contributed by atoms with Gasteiger partial charge in [0, 0.05) is 17.5 Å². The summed E-state index contributed by atoms with van der Waals surface area (Å²) in [6.07, 6.45) is 6.65. The maximum Gasteiger partial charge on any atom is 0.250 e. The van der Waals surface area contributed by atoms with Gasteiger partial charge in [-0.1, -0.05) is 19.1 Å². The number of rotatable bonds is 5. The average Bonchev–Trinajstić information content (AvgIpc) is 3.08. The summed E-state index contributed by atoms with van der Waals surface area (Å²) in [5, 5.41) is 3.87. The van der Waals surface area contributed by atoms with Crippen LogP contribution in [0, 0.1) is 12.8 Å². The molecule has 1 saturated heterocycles. The molecule has 3 heterocycles. The van der Waals surface area contributed by atoms with E-state index in [4.69, 9.17) is 4.42 Å². The molecule has 0 radical (unpaired) electrons. The minimum absolute atomic E-state index is 0.163. The molecule has 1 aliphatic heterocycles. The number of likely N-dealkylation sites (tertiary alicyclic amines) is 1. The molecule has 0 aliphatic carbocycles. The molecule has 1 N–H and O–H groups in total. The Morgan fingerprint density at radius 3 is 2.90 bits per heavy atom. The highest BCUT2D eigenvalue weighted by Crippen LogP contribution is 2.26. The van der Waals surface area contributed by atoms with Crippen LogP contribution in [0.25, 0.3) is 17.0 Å². The number of carbonyl (C=O) groups excluding carboxylic acids is 1. The molecular formula is C23H25N3O3S. The molecule has 0 atom stereocenters. The van der Waals surface area contributed by atoms with Crippen LogP contribution >= 0.6 is 11.3 Å². The third-order valence-corrected chi connectivity index (χ3v) is 6.54. The van der Waals surface area contributed by atoms with Crippen LogP contribution in [-0.2, 0) is 11.3 Å². The van der Waals surface area contributed by atoms with Crippen LogP contribution in [0.15, 0.2) is 45.8 Å². The van der Waals surface area contributed by atoms with Crippen LogP contribution in [0.4, 0.5) is 5.13 Å². The second-order valence-corrected chi connectivity index (χ2v) is 8.91. The molecule has 6 nitrogen and oxygen atoms in total. The van der Waals surface area contributed by atoms with E-state index in [9.17, 15) is 9.59 Å². The predicted octanol–water partition coefficient (Wildman–Crippen LogP) is 4.44. The number of amides is 1. The number of nitrogens with one attached hydrogen (secondary N) is 1. The number of fused-ring (bicyclic) bond motifs is 1. The zero-order valence-electron chi connectivity index (χ0n) is 17.2. The van der Waals surface area contributed by atoms with Crippen molar-refractivity contribution in [2.45, 2.75) is 33.2 Å². The number of hydrogen-bond donors (Lipinski definition) is 1. The van der Waals surface area contributed by atoms with Gasteiger partial charge < -0.3 is 4.42 Å². The second kappa shape index (κ2) is 8.93. The van der Waals surface area contributed by atoms with Gasteiger partial charge in [0.25, 0.3) is 0 Å².